The van der Waals surface area contributed by atoms with Crippen LogP contribution in [0.25, 0.3) is 0 Å². The van der Waals surface area contributed by atoms with Gasteiger partial charge in [0, 0.05) is 10.6 Å². The highest BCUT2D eigenvalue weighted by molar-refractivity contribution is 6.31. The van der Waals surface area contributed by atoms with E-state index in [1.54, 1.807) is 35.2 Å². The summed E-state index contributed by atoms with van der Waals surface area (Å²) in [5.74, 6) is -0.247. The van der Waals surface area contributed by atoms with Gasteiger partial charge < -0.3 is 15.1 Å². The minimum atomic E-state index is -0.247. The van der Waals surface area contributed by atoms with Crippen LogP contribution in [0.2, 0.25) is 5.02 Å². The Morgan fingerprint density at radius 1 is 1.27 bits per heavy atom. The lowest BCUT2D eigenvalue weighted by Crippen LogP contribution is -3.14. The Morgan fingerprint density at radius 3 is 2.73 bits per heavy atom. The Hall–Kier alpha value is -2.55. The third kappa shape index (κ3) is 4.16. The van der Waals surface area contributed by atoms with Crippen LogP contribution in [0.1, 0.15) is 22.8 Å². The van der Waals surface area contributed by atoms with Crippen LogP contribution >= 0.6 is 11.6 Å². The van der Waals surface area contributed by atoms with Gasteiger partial charge in [0.25, 0.3) is 5.91 Å². The summed E-state index contributed by atoms with van der Waals surface area (Å²) in [6.45, 7) is 7.38. The predicted octanol–water partition coefficient (Wildman–Crippen LogP) is 2.19. The van der Waals surface area contributed by atoms with Crippen molar-refractivity contribution in [3.63, 3.8) is 0 Å². The third-order valence-corrected chi connectivity index (χ3v) is 5.01. The summed E-state index contributed by atoms with van der Waals surface area (Å²) in [7, 11) is 0. The molecule has 1 aliphatic heterocycles. The number of nitriles is 1. The second-order valence-corrected chi connectivity index (χ2v) is 6.84. The number of anilines is 2. The molecule has 1 heterocycles. The van der Waals surface area contributed by atoms with Gasteiger partial charge in [-0.2, -0.15) is 5.26 Å². The summed E-state index contributed by atoms with van der Waals surface area (Å²) >= 11 is 6.16. The van der Waals surface area contributed by atoms with E-state index >= 15 is 0 Å². The monoisotopic (exact) mass is 369 g/mol. The lowest BCUT2D eigenvalue weighted by molar-refractivity contribution is -0.898. The van der Waals surface area contributed by atoms with Gasteiger partial charge in [0.1, 0.15) is 0 Å². The Balaban J connectivity index is 1.82. The zero-order valence-corrected chi connectivity index (χ0v) is 15.5. The van der Waals surface area contributed by atoms with Crippen LogP contribution in [-0.4, -0.2) is 38.6 Å². The van der Waals surface area contributed by atoms with Crippen LogP contribution in [0, 0.1) is 11.3 Å². The van der Waals surface area contributed by atoms with Gasteiger partial charge >= 0.3 is 0 Å². The molecule has 6 heteroatoms. The fourth-order valence-corrected chi connectivity index (χ4v) is 3.40. The highest BCUT2D eigenvalue weighted by Gasteiger charge is 2.21. The van der Waals surface area contributed by atoms with Gasteiger partial charge in [-0.15, -0.1) is 0 Å². The van der Waals surface area contributed by atoms with E-state index in [1.165, 1.54) is 0 Å². The average Bonchev–Trinajstić information content (AvgIpc) is 2.68. The zero-order valence-electron chi connectivity index (χ0n) is 14.8. The number of nitrogens with one attached hydrogen (secondary N) is 2. The van der Waals surface area contributed by atoms with E-state index in [9.17, 15) is 4.79 Å². The van der Waals surface area contributed by atoms with Crippen LogP contribution in [0.15, 0.2) is 42.5 Å². The first-order valence-corrected chi connectivity index (χ1v) is 9.18. The lowest BCUT2D eigenvalue weighted by Gasteiger charge is -2.34. The number of carbonyl (C=O) groups excluding carboxylic acids is 1. The van der Waals surface area contributed by atoms with Crippen molar-refractivity contribution >= 4 is 28.9 Å². The van der Waals surface area contributed by atoms with Gasteiger partial charge in [0.15, 0.2) is 0 Å². The molecule has 0 aliphatic carbocycles. The van der Waals surface area contributed by atoms with Crippen LogP contribution in [-0.2, 0) is 0 Å². The summed E-state index contributed by atoms with van der Waals surface area (Å²) in [5.41, 5.74) is 2.59. The van der Waals surface area contributed by atoms with E-state index in [2.05, 4.69) is 23.2 Å². The number of hydrogen-bond acceptors (Lipinski definition) is 3. The predicted molar refractivity (Wildman–Crippen MR) is 104 cm³/mol. The van der Waals surface area contributed by atoms with E-state index in [-0.39, 0.29) is 5.91 Å². The summed E-state index contributed by atoms with van der Waals surface area (Å²) in [6, 6.07) is 14.3. The van der Waals surface area contributed by atoms with Crippen molar-refractivity contribution in [2.75, 3.05) is 42.9 Å². The standard InChI is InChI=1S/C20H21ClN4O/c1-2-24-8-10-25(11-9-24)19-7-6-17(21)13-18(19)23-20(26)16-5-3-4-15(12-16)14-22/h3-7,12-13H,2,8-11H2,1H3,(H,23,26)/p+1. The van der Waals surface area contributed by atoms with E-state index in [0.29, 0.717) is 21.8 Å². The molecule has 5 nitrogen and oxygen atoms in total. The number of piperazine rings is 1. The minimum Gasteiger partial charge on any atom is -0.359 e. The quantitative estimate of drug-likeness (QED) is 0.868. The van der Waals surface area contributed by atoms with E-state index in [4.69, 9.17) is 16.9 Å². The fourth-order valence-electron chi connectivity index (χ4n) is 3.23. The number of amides is 1. The van der Waals surface area contributed by atoms with E-state index < -0.39 is 0 Å². The Kier molecular flexibility index (Phi) is 5.77. The van der Waals surface area contributed by atoms with Crippen molar-refractivity contribution in [2.24, 2.45) is 0 Å². The number of nitrogens with zero attached hydrogens (tertiary/aromatic N) is 2. The Labute approximate surface area is 158 Å². The molecule has 0 spiro atoms. The number of likely N-dealkylation sites (N-methyl/N-ethyl adjacent to an activating group) is 1. The Bertz CT molecular complexity index is 838. The summed E-state index contributed by atoms with van der Waals surface area (Å²) in [5, 5.41) is 12.6. The molecule has 2 N–H and O–H groups in total. The topological polar surface area (TPSA) is 60.6 Å². The van der Waals surface area contributed by atoms with Gasteiger partial charge in [-0.25, -0.2) is 0 Å². The molecule has 1 aliphatic rings. The molecule has 0 saturated carbocycles. The average molecular weight is 370 g/mol. The van der Waals surface area contributed by atoms with Crippen LogP contribution in [0.4, 0.5) is 11.4 Å². The van der Waals surface area contributed by atoms with Gasteiger partial charge in [-0.1, -0.05) is 17.7 Å². The smallest absolute Gasteiger partial charge is 0.255 e. The molecule has 134 valence electrons. The molecule has 0 bridgehead atoms. The van der Waals surface area contributed by atoms with Crippen LogP contribution in [0.3, 0.4) is 0 Å². The second-order valence-electron chi connectivity index (χ2n) is 6.40. The maximum Gasteiger partial charge on any atom is 0.255 e. The summed E-state index contributed by atoms with van der Waals surface area (Å²) in [6.07, 6.45) is 0. The van der Waals surface area contributed by atoms with Crippen LogP contribution in [0.5, 0.6) is 0 Å². The number of carbonyl (C=O) groups is 1. The molecule has 1 saturated heterocycles. The number of halogens is 1. The number of benzene rings is 2. The van der Waals surface area contributed by atoms with Crippen molar-refractivity contribution in [2.45, 2.75) is 6.92 Å². The highest BCUT2D eigenvalue weighted by atomic mass is 35.5. The lowest BCUT2D eigenvalue weighted by atomic mass is 10.1. The van der Waals surface area contributed by atoms with Crippen molar-refractivity contribution in [3.8, 4) is 6.07 Å². The van der Waals surface area contributed by atoms with E-state index in [0.717, 1.165) is 38.4 Å². The molecular formula is C20H22ClN4O+. The highest BCUT2D eigenvalue weighted by Crippen LogP contribution is 2.29. The molecule has 1 amide bonds. The largest absolute Gasteiger partial charge is 0.359 e. The molecule has 26 heavy (non-hydrogen) atoms. The van der Waals surface area contributed by atoms with Gasteiger partial charge in [-0.3, -0.25) is 4.79 Å². The molecule has 0 atom stereocenters. The Morgan fingerprint density at radius 2 is 2.04 bits per heavy atom. The molecule has 2 aromatic rings. The first-order chi connectivity index (χ1) is 12.6. The third-order valence-electron chi connectivity index (χ3n) is 4.77. The molecule has 3 rings (SSSR count). The van der Waals surface area contributed by atoms with Crippen molar-refractivity contribution in [3.05, 3.63) is 58.6 Å². The van der Waals surface area contributed by atoms with Gasteiger partial charge in [0.05, 0.1) is 55.7 Å². The first kappa shape index (κ1) is 18.2. The van der Waals surface area contributed by atoms with Gasteiger partial charge in [-0.05, 0) is 43.3 Å². The molecule has 2 aromatic carbocycles. The molecule has 0 radical (unpaired) electrons. The second kappa shape index (κ2) is 8.22. The van der Waals surface area contributed by atoms with Crippen molar-refractivity contribution in [1.29, 1.82) is 5.26 Å². The molecular weight excluding hydrogens is 348 g/mol. The maximum absolute atomic E-state index is 12.6. The normalized spacial score (nSPS) is 14.7. The summed E-state index contributed by atoms with van der Waals surface area (Å²) in [4.78, 5) is 16.5. The molecule has 1 fully saturated rings. The number of quaternary nitrogens is 1. The molecule has 0 aromatic heterocycles. The number of rotatable bonds is 4. The summed E-state index contributed by atoms with van der Waals surface area (Å²) < 4.78 is 0. The van der Waals surface area contributed by atoms with Crippen molar-refractivity contribution in [1.82, 2.24) is 0 Å². The maximum atomic E-state index is 12.6. The SMILES string of the molecule is CC[NH+]1CCN(c2ccc(Cl)cc2NC(=O)c2cccc(C#N)c2)CC1. The minimum absolute atomic E-state index is 0.247. The zero-order chi connectivity index (χ0) is 18.5. The van der Waals surface area contributed by atoms with Gasteiger partial charge in [0.2, 0.25) is 0 Å². The van der Waals surface area contributed by atoms with Crippen molar-refractivity contribution < 1.29 is 9.69 Å². The van der Waals surface area contributed by atoms with Crippen LogP contribution < -0.4 is 15.1 Å². The molecule has 0 unspecified atom stereocenters. The first-order valence-electron chi connectivity index (χ1n) is 8.80. The van der Waals surface area contributed by atoms with E-state index in [1.807, 2.05) is 12.1 Å². The number of hydrogen-bond donors (Lipinski definition) is 2. The fraction of sp³-hybridized carbons (Fsp3) is 0.300.